The van der Waals surface area contributed by atoms with Crippen LogP contribution in [0.4, 0.5) is 0 Å². The summed E-state index contributed by atoms with van der Waals surface area (Å²) in [6.45, 7) is 0. The molecule has 0 amide bonds. The van der Waals surface area contributed by atoms with Crippen molar-refractivity contribution in [1.29, 1.82) is 0 Å². The fourth-order valence-corrected chi connectivity index (χ4v) is 9.15. The average molecular weight is 803 g/mol. The van der Waals surface area contributed by atoms with Gasteiger partial charge in [-0.3, -0.25) is 0 Å². The Hall–Kier alpha value is -8.47. The van der Waals surface area contributed by atoms with Crippen molar-refractivity contribution in [3.8, 4) is 73.1 Å². The summed E-state index contributed by atoms with van der Waals surface area (Å²) in [5.41, 5.74) is 16.0. The zero-order valence-corrected chi connectivity index (χ0v) is 34.2. The Kier molecular flexibility index (Phi) is 8.79. The second-order valence-corrected chi connectivity index (χ2v) is 16.0. The Bertz CT molecular complexity index is 3620. The number of rotatable bonds is 7. The van der Waals surface area contributed by atoms with Crippen molar-refractivity contribution in [3.05, 3.63) is 231 Å². The second-order valence-electron chi connectivity index (χ2n) is 16.0. The topological polar surface area (TPSA) is 43.6 Å². The van der Waals surface area contributed by atoms with Gasteiger partial charge in [-0.05, 0) is 58.7 Å². The number of benzene rings is 9. The summed E-state index contributed by atoms with van der Waals surface area (Å²) in [6, 6.07) is 81.4. The molecule has 0 N–H and O–H groups in total. The third kappa shape index (κ3) is 6.44. The standard InChI is InChI=1S/C59H38N4/c1-4-14-39(15-5-1)40-24-30-44(31-25-40)53-38-52(43-16-6-2-7-17-43)61-59(62-53)46-34-28-42(29-35-46)41-26-32-45(33-27-41)58-50-36-37-55-57(56(50)48-20-10-12-22-51(48)60-58)49-21-11-13-23-54(49)63(55)47-18-8-3-9-19-47/h1-38H. The summed E-state index contributed by atoms with van der Waals surface area (Å²) in [5.74, 6) is 0.690. The molecule has 0 atom stereocenters. The first-order valence-corrected chi connectivity index (χ1v) is 21.4. The number of nitrogens with zero attached hydrogens (tertiary/aromatic N) is 4. The lowest BCUT2D eigenvalue weighted by Crippen LogP contribution is -1.96. The van der Waals surface area contributed by atoms with Crippen LogP contribution >= 0.6 is 0 Å². The molecule has 0 fully saturated rings. The van der Waals surface area contributed by atoms with Crippen molar-refractivity contribution in [2.75, 3.05) is 0 Å². The molecule has 294 valence electrons. The Balaban J connectivity index is 0.913. The molecule has 9 aromatic carbocycles. The van der Waals surface area contributed by atoms with Gasteiger partial charge in [0.25, 0.3) is 0 Å². The molecule has 4 nitrogen and oxygen atoms in total. The van der Waals surface area contributed by atoms with Crippen molar-refractivity contribution < 1.29 is 0 Å². The Morgan fingerprint density at radius 1 is 0.286 bits per heavy atom. The van der Waals surface area contributed by atoms with E-state index < -0.39 is 0 Å². The summed E-state index contributed by atoms with van der Waals surface area (Å²) in [5, 5.41) is 5.99. The fraction of sp³-hybridized carbons (Fsp3) is 0. The second kappa shape index (κ2) is 15.2. The predicted molar refractivity (Wildman–Crippen MR) is 262 cm³/mol. The van der Waals surface area contributed by atoms with E-state index in [4.69, 9.17) is 15.0 Å². The fourth-order valence-electron chi connectivity index (χ4n) is 9.15. The smallest absolute Gasteiger partial charge is 0.160 e. The SMILES string of the molecule is c1ccc(-c2ccc(-c3cc(-c4ccccc4)nc(-c4ccc(-c5ccc(-c6nc7ccccc7c7c6ccc6c7c7ccccc7n6-c6ccccc6)cc5)cc4)n3)cc2)cc1. The molecule has 0 saturated carbocycles. The van der Waals surface area contributed by atoms with Gasteiger partial charge in [0, 0.05) is 54.9 Å². The molecule has 0 aliphatic rings. The molecule has 63 heavy (non-hydrogen) atoms. The molecule has 12 aromatic rings. The summed E-state index contributed by atoms with van der Waals surface area (Å²) < 4.78 is 2.38. The number of para-hydroxylation sites is 3. The van der Waals surface area contributed by atoms with Gasteiger partial charge >= 0.3 is 0 Å². The first-order valence-electron chi connectivity index (χ1n) is 21.4. The van der Waals surface area contributed by atoms with Gasteiger partial charge in [-0.15, -0.1) is 0 Å². The van der Waals surface area contributed by atoms with E-state index in [1.165, 1.54) is 38.3 Å². The van der Waals surface area contributed by atoms with E-state index in [2.05, 4.69) is 223 Å². The molecule has 0 radical (unpaired) electrons. The maximum absolute atomic E-state index is 5.33. The molecule has 0 bridgehead atoms. The first-order chi connectivity index (χ1) is 31.2. The van der Waals surface area contributed by atoms with Gasteiger partial charge in [-0.25, -0.2) is 15.0 Å². The lowest BCUT2D eigenvalue weighted by molar-refractivity contribution is 1.18. The minimum absolute atomic E-state index is 0.690. The van der Waals surface area contributed by atoms with Crippen molar-refractivity contribution in [2.24, 2.45) is 0 Å². The Morgan fingerprint density at radius 2 is 0.762 bits per heavy atom. The van der Waals surface area contributed by atoms with Crippen LogP contribution in [-0.2, 0) is 0 Å². The lowest BCUT2D eigenvalue weighted by atomic mass is 9.95. The molecule has 4 heteroatoms. The maximum Gasteiger partial charge on any atom is 0.160 e. The van der Waals surface area contributed by atoms with Gasteiger partial charge in [-0.1, -0.05) is 194 Å². The van der Waals surface area contributed by atoms with E-state index in [0.29, 0.717) is 5.82 Å². The quantitative estimate of drug-likeness (QED) is 0.151. The molecule has 12 rings (SSSR count). The average Bonchev–Trinajstić information content (AvgIpc) is 3.71. The van der Waals surface area contributed by atoms with Crippen LogP contribution in [0.2, 0.25) is 0 Å². The highest BCUT2D eigenvalue weighted by atomic mass is 15.0. The van der Waals surface area contributed by atoms with Crippen molar-refractivity contribution in [3.63, 3.8) is 0 Å². The Morgan fingerprint density at radius 3 is 1.41 bits per heavy atom. The van der Waals surface area contributed by atoms with Crippen molar-refractivity contribution in [1.82, 2.24) is 19.5 Å². The first kappa shape index (κ1) is 36.4. The van der Waals surface area contributed by atoms with E-state index in [-0.39, 0.29) is 0 Å². The van der Waals surface area contributed by atoms with Crippen LogP contribution in [-0.4, -0.2) is 19.5 Å². The van der Waals surface area contributed by atoms with E-state index in [9.17, 15) is 0 Å². The molecule has 0 unspecified atom stereocenters. The number of hydrogen-bond donors (Lipinski definition) is 0. The minimum Gasteiger partial charge on any atom is -0.309 e. The minimum atomic E-state index is 0.690. The zero-order valence-electron chi connectivity index (χ0n) is 34.2. The van der Waals surface area contributed by atoms with E-state index in [1.54, 1.807) is 0 Å². The van der Waals surface area contributed by atoms with Crippen LogP contribution in [0.15, 0.2) is 231 Å². The van der Waals surface area contributed by atoms with Crippen LogP contribution in [0.25, 0.3) is 117 Å². The summed E-state index contributed by atoms with van der Waals surface area (Å²) >= 11 is 0. The van der Waals surface area contributed by atoms with Crippen molar-refractivity contribution >= 4 is 43.5 Å². The molecule has 3 aromatic heterocycles. The number of fused-ring (bicyclic) bond motifs is 7. The summed E-state index contributed by atoms with van der Waals surface area (Å²) in [4.78, 5) is 15.5. The third-order valence-corrected chi connectivity index (χ3v) is 12.2. The molecular formula is C59H38N4. The van der Waals surface area contributed by atoms with Crippen LogP contribution in [0.3, 0.4) is 0 Å². The van der Waals surface area contributed by atoms with Crippen molar-refractivity contribution in [2.45, 2.75) is 0 Å². The predicted octanol–water partition coefficient (Wildman–Crippen LogP) is 15.3. The molecule has 0 aliphatic heterocycles. The molecule has 0 saturated heterocycles. The Labute approximate surface area is 365 Å². The summed E-state index contributed by atoms with van der Waals surface area (Å²) in [7, 11) is 0. The third-order valence-electron chi connectivity index (χ3n) is 12.2. The van der Waals surface area contributed by atoms with E-state index in [0.717, 1.165) is 72.4 Å². The van der Waals surface area contributed by atoms with Gasteiger partial charge in [0.15, 0.2) is 5.82 Å². The molecule has 0 spiro atoms. The largest absolute Gasteiger partial charge is 0.309 e. The van der Waals surface area contributed by atoms with Crippen LogP contribution in [0, 0.1) is 0 Å². The number of aromatic nitrogens is 4. The van der Waals surface area contributed by atoms with Gasteiger partial charge < -0.3 is 4.57 Å². The van der Waals surface area contributed by atoms with Gasteiger partial charge in [0.05, 0.1) is 33.6 Å². The van der Waals surface area contributed by atoms with E-state index >= 15 is 0 Å². The molecule has 0 aliphatic carbocycles. The molecule has 3 heterocycles. The van der Waals surface area contributed by atoms with Crippen LogP contribution in [0.1, 0.15) is 0 Å². The number of hydrogen-bond acceptors (Lipinski definition) is 3. The van der Waals surface area contributed by atoms with Gasteiger partial charge in [-0.2, -0.15) is 0 Å². The number of pyridine rings is 1. The lowest BCUT2D eigenvalue weighted by Gasteiger charge is -2.13. The highest BCUT2D eigenvalue weighted by Crippen LogP contribution is 2.42. The monoisotopic (exact) mass is 802 g/mol. The maximum atomic E-state index is 5.33. The van der Waals surface area contributed by atoms with Gasteiger partial charge in [0.2, 0.25) is 0 Å². The van der Waals surface area contributed by atoms with Crippen LogP contribution < -0.4 is 0 Å². The highest BCUT2D eigenvalue weighted by molar-refractivity contribution is 6.29. The van der Waals surface area contributed by atoms with Crippen LogP contribution in [0.5, 0.6) is 0 Å². The normalized spacial score (nSPS) is 11.5. The highest BCUT2D eigenvalue weighted by Gasteiger charge is 2.19. The van der Waals surface area contributed by atoms with E-state index in [1.807, 2.05) is 12.1 Å². The zero-order chi connectivity index (χ0) is 41.7. The molecular weight excluding hydrogens is 765 g/mol. The van der Waals surface area contributed by atoms with Gasteiger partial charge in [0.1, 0.15) is 0 Å². The summed E-state index contributed by atoms with van der Waals surface area (Å²) in [6.07, 6.45) is 0.